The van der Waals surface area contributed by atoms with Crippen LogP contribution in [0.25, 0.3) is 0 Å². The molecular formula is C25H31NO2. The monoisotopic (exact) mass is 377 g/mol. The summed E-state index contributed by atoms with van der Waals surface area (Å²) in [5.74, 6) is 1.35. The van der Waals surface area contributed by atoms with Crippen LogP contribution in [0.5, 0.6) is 5.75 Å². The number of rotatable bonds is 8. The van der Waals surface area contributed by atoms with Crippen LogP contribution in [0.3, 0.4) is 0 Å². The maximum absolute atomic E-state index is 12.1. The minimum atomic E-state index is -0.382. The molecule has 0 aliphatic heterocycles. The Morgan fingerprint density at radius 1 is 1.14 bits per heavy atom. The van der Waals surface area contributed by atoms with Crippen molar-refractivity contribution in [2.75, 3.05) is 6.61 Å². The van der Waals surface area contributed by atoms with E-state index in [1.807, 2.05) is 58.0 Å². The summed E-state index contributed by atoms with van der Waals surface area (Å²) in [5.41, 5.74) is 3.95. The van der Waals surface area contributed by atoms with Gasteiger partial charge in [0.2, 0.25) is 0 Å². The summed E-state index contributed by atoms with van der Waals surface area (Å²) in [7, 11) is 0. The van der Waals surface area contributed by atoms with Crippen LogP contribution in [-0.4, -0.2) is 12.4 Å². The van der Waals surface area contributed by atoms with Crippen molar-refractivity contribution in [3.8, 4) is 11.8 Å². The smallest absolute Gasteiger partial charge is 0.175 e. The lowest BCUT2D eigenvalue weighted by Gasteiger charge is -2.19. The highest BCUT2D eigenvalue weighted by Crippen LogP contribution is 2.29. The number of nitrogens with zero attached hydrogens (tertiary/aromatic N) is 1. The fraction of sp³-hybridized carbons (Fsp3) is 0.440. The van der Waals surface area contributed by atoms with Gasteiger partial charge in [0.25, 0.3) is 0 Å². The van der Waals surface area contributed by atoms with Crippen LogP contribution in [0.1, 0.15) is 68.7 Å². The van der Waals surface area contributed by atoms with Crippen LogP contribution >= 0.6 is 0 Å². The molecule has 28 heavy (non-hydrogen) atoms. The van der Waals surface area contributed by atoms with E-state index in [2.05, 4.69) is 25.1 Å². The quantitative estimate of drug-likeness (QED) is 0.568. The molecular weight excluding hydrogens is 346 g/mol. The highest BCUT2D eigenvalue weighted by molar-refractivity contribution is 5.85. The van der Waals surface area contributed by atoms with Crippen molar-refractivity contribution in [3.05, 3.63) is 64.7 Å². The zero-order valence-electron chi connectivity index (χ0n) is 17.7. The molecule has 0 aliphatic carbocycles. The van der Waals surface area contributed by atoms with Gasteiger partial charge in [-0.1, -0.05) is 52.0 Å². The van der Waals surface area contributed by atoms with Gasteiger partial charge in [0, 0.05) is 5.41 Å². The Balaban J connectivity index is 2.01. The Morgan fingerprint density at radius 2 is 1.82 bits per heavy atom. The van der Waals surface area contributed by atoms with E-state index in [0.717, 1.165) is 30.6 Å². The lowest BCUT2D eigenvalue weighted by Crippen LogP contribution is -2.26. The molecule has 3 nitrogen and oxygen atoms in total. The van der Waals surface area contributed by atoms with E-state index in [4.69, 9.17) is 10.00 Å². The van der Waals surface area contributed by atoms with Gasteiger partial charge in [-0.15, -0.1) is 0 Å². The molecule has 3 heteroatoms. The number of carbonyl (C=O) groups is 1. The van der Waals surface area contributed by atoms with Crippen molar-refractivity contribution in [2.45, 2.75) is 59.8 Å². The number of nitriles is 1. The summed E-state index contributed by atoms with van der Waals surface area (Å²) in [5, 5.41) is 8.91. The Hall–Kier alpha value is -2.60. The van der Waals surface area contributed by atoms with Gasteiger partial charge in [0.15, 0.2) is 5.78 Å². The third-order valence-electron chi connectivity index (χ3n) is 5.22. The molecule has 148 valence electrons. The van der Waals surface area contributed by atoms with Crippen LogP contribution in [-0.2, 0) is 11.2 Å². The van der Waals surface area contributed by atoms with Crippen molar-refractivity contribution >= 4 is 5.78 Å². The molecule has 0 saturated heterocycles. The fourth-order valence-corrected chi connectivity index (χ4v) is 3.14. The molecule has 2 aromatic carbocycles. The molecule has 0 amide bonds. The second-order valence-corrected chi connectivity index (χ2v) is 8.44. The van der Waals surface area contributed by atoms with Crippen LogP contribution in [0.4, 0.5) is 0 Å². The van der Waals surface area contributed by atoms with Crippen molar-refractivity contribution in [3.63, 3.8) is 0 Å². The Labute approximate surface area is 169 Å². The number of carbonyl (C=O) groups excluding carboxylic acids is 1. The minimum Gasteiger partial charge on any atom is -0.486 e. The second-order valence-electron chi connectivity index (χ2n) is 8.44. The van der Waals surface area contributed by atoms with Crippen molar-refractivity contribution < 1.29 is 9.53 Å². The molecule has 0 bridgehead atoms. The first kappa shape index (κ1) is 21.7. The molecule has 0 saturated carbocycles. The molecule has 0 aliphatic rings. The number of aryl methyl sites for hydroxylation is 2. The summed E-state index contributed by atoms with van der Waals surface area (Å²) in [6.07, 6.45) is 3.12. The van der Waals surface area contributed by atoms with Crippen LogP contribution in [0, 0.1) is 23.7 Å². The molecule has 0 aromatic heterocycles. The first-order valence-electron chi connectivity index (χ1n) is 10.00. The van der Waals surface area contributed by atoms with Crippen LogP contribution in [0.15, 0.2) is 42.5 Å². The molecule has 1 atom stereocenters. The Bertz CT molecular complexity index is 838. The molecule has 2 rings (SSSR count). The van der Waals surface area contributed by atoms with E-state index >= 15 is 0 Å². The lowest BCUT2D eigenvalue weighted by atomic mass is 9.89. The molecule has 2 aromatic rings. The minimum absolute atomic E-state index is 0.102. The predicted molar refractivity (Wildman–Crippen MR) is 114 cm³/mol. The maximum atomic E-state index is 12.1. The van der Waals surface area contributed by atoms with Gasteiger partial charge in [-0.2, -0.15) is 5.26 Å². The fourth-order valence-electron chi connectivity index (χ4n) is 3.14. The summed E-state index contributed by atoms with van der Waals surface area (Å²) in [4.78, 5) is 12.1. The van der Waals surface area contributed by atoms with Gasteiger partial charge in [0.05, 0.1) is 11.6 Å². The number of ketones is 1. The highest BCUT2D eigenvalue weighted by Gasteiger charge is 2.22. The van der Waals surface area contributed by atoms with Crippen LogP contribution < -0.4 is 4.74 Å². The topological polar surface area (TPSA) is 50.1 Å². The number of Topliss-reactive ketones (excluding diaryl/α,β-unsaturated/α-hetero) is 1. The second kappa shape index (κ2) is 9.55. The summed E-state index contributed by atoms with van der Waals surface area (Å²) < 4.78 is 5.77. The van der Waals surface area contributed by atoms with Gasteiger partial charge in [-0.05, 0) is 67.0 Å². The third-order valence-corrected chi connectivity index (χ3v) is 5.22. The average Bonchev–Trinajstić information content (AvgIpc) is 2.67. The summed E-state index contributed by atoms with van der Waals surface area (Å²) in [6.45, 7) is 10.1. The summed E-state index contributed by atoms with van der Waals surface area (Å²) >= 11 is 0. The summed E-state index contributed by atoms with van der Waals surface area (Å²) in [6, 6.07) is 16.3. The van der Waals surface area contributed by atoms with Crippen molar-refractivity contribution in [1.29, 1.82) is 5.26 Å². The van der Waals surface area contributed by atoms with Crippen molar-refractivity contribution in [2.24, 2.45) is 5.41 Å². The van der Waals surface area contributed by atoms with Crippen LogP contribution in [0.2, 0.25) is 0 Å². The Morgan fingerprint density at radius 3 is 2.36 bits per heavy atom. The zero-order valence-corrected chi connectivity index (χ0v) is 17.7. The first-order valence-corrected chi connectivity index (χ1v) is 10.00. The molecule has 0 radical (unpaired) electrons. The standard InChI is InChI=1S/C25H31NO2/c1-6-21(12-11-19-7-9-20(16-26)10-8-19)22-13-14-23(18(2)15-22)28-17-24(27)25(3,4)5/h7-10,13-15,21H,6,11-12,17H2,1-5H3. The largest absolute Gasteiger partial charge is 0.486 e. The number of benzene rings is 2. The predicted octanol–water partition coefficient (Wildman–Crippen LogP) is 5.99. The van der Waals surface area contributed by atoms with E-state index in [9.17, 15) is 4.79 Å². The van der Waals surface area contributed by atoms with Crippen molar-refractivity contribution in [1.82, 2.24) is 0 Å². The SMILES string of the molecule is CCC(CCc1ccc(C#N)cc1)c1ccc(OCC(=O)C(C)(C)C)c(C)c1. The van der Waals surface area contributed by atoms with Gasteiger partial charge >= 0.3 is 0 Å². The van der Waals surface area contributed by atoms with E-state index in [0.29, 0.717) is 11.5 Å². The van der Waals surface area contributed by atoms with Gasteiger partial charge in [-0.3, -0.25) is 4.79 Å². The molecule has 0 fully saturated rings. The number of ether oxygens (including phenoxy) is 1. The van der Waals surface area contributed by atoms with Gasteiger partial charge in [-0.25, -0.2) is 0 Å². The average molecular weight is 378 g/mol. The van der Waals surface area contributed by atoms with Gasteiger partial charge in [0.1, 0.15) is 12.4 Å². The first-order chi connectivity index (χ1) is 13.2. The van der Waals surface area contributed by atoms with E-state index < -0.39 is 0 Å². The normalized spacial score (nSPS) is 12.3. The molecule has 0 heterocycles. The number of hydrogen-bond donors (Lipinski definition) is 0. The maximum Gasteiger partial charge on any atom is 0.175 e. The Kier molecular flexibility index (Phi) is 7.40. The highest BCUT2D eigenvalue weighted by atomic mass is 16.5. The van der Waals surface area contributed by atoms with Gasteiger partial charge < -0.3 is 4.74 Å². The van der Waals surface area contributed by atoms with E-state index in [1.54, 1.807) is 0 Å². The third kappa shape index (κ3) is 5.96. The molecule has 0 N–H and O–H groups in total. The lowest BCUT2D eigenvalue weighted by molar-refractivity contribution is -0.128. The number of hydrogen-bond acceptors (Lipinski definition) is 3. The molecule has 0 spiro atoms. The zero-order chi connectivity index (χ0) is 20.7. The van der Waals surface area contributed by atoms with E-state index in [1.165, 1.54) is 11.1 Å². The van der Waals surface area contributed by atoms with E-state index in [-0.39, 0.29) is 17.8 Å². The molecule has 1 unspecified atom stereocenters.